The maximum absolute atomic E-state index is 12.0. The first kappa shape index (κ1) is 15.2. The summed E-state index contributed by atoms with van der Waals surface area (Å²) in [5, 5.41) is 14.6. The predicted molar refractivity (Wildman–Crippen MR) is 83.3 cm³/mol. The van der Waals surface area contributed by atoms with Crippen LogP contribution in [-0.4, -0.2) is 29.1 Å². The lowest BCUT2D eigenvalue weighted by Crippen LogP contribution is -2.25. The van der Waals surface area contributed by atoms with Crippen LogP contribution < -0.4 is 5.32 Å². The van der Waals surface area contributed by atoms with Gasteiger partial charge in [-0.3, -0.25) is 4.79 Å². The lowest BCUT2D eigenvalue weighted by atomic mass is 10.1. The van der Waals surface area contributed by atoms with Gasteiger partial charge in [0.25, 0.3) is 5.91 Å². The Hall–Kier alpha value is -2.16. The van der Waals surface area contributed by atoms with Crippen molar-refractivity contribution < 1.29 is 9.90 Å². The van der Waals surface area contributed by atoms with E-state index < -0.39 is 0 Å². The van der Waals surface area contributed by atoms with Crippen molar-refractivity contribution in [3.8, 4) is 11.8 Å². The molecule has 2 N–H and O–H groups in total. The Labute approximate surface area is 127 Å². The van der Waals surface area contributed by atoms with Gasteiger partial charge in [0.05, 0.1) is 10.7 Å². The molecule has 0 aliphatic heterocycles. The van der Waals surface area contributed by atoms with Gasteiger partial charge in [0.1, 0.15) is 6.61 Å². The first-order valence-electron chi connectivity index (χ1n) is 6.58. The van der Waals surface area contributed by atoms with Crippen molar-refractivity contribution in [1.82, 2.24) is 10.3 Å². The molecule has 0 radical (unpaired) electrons. The second-order valence-electron chi connectivity index (χ2n) is 4.40. The lowest BCUT2D eigenvalue weighted by Gasteiger charge is -2.04. The smallest absolute Gasteiger partial charge is 0.251 e. The number of aliphatic hydroxyl groups is 1. The topological polar surface area (TPSA) is 62.2 Å². The summed E-state index contributed by atoms with van der Waals surface area (Å²) < 4.78 is 0. The Kier molecular flexibility index (Phi) is 5.50. The molecule has 0 saturated carbocycles. The summed E-state index contributed by atoms with van der Waals surface area (Å²) in [6.45, 7) is 2.32. The van der Waals surface area contributed by atoms with Crippen molar-refractivity contribution in [2.24, 2.45) is 0 Å². The average Bonchev–Trinajstić information content (AvgIpc) is 2.91. The number of nitrogens with zero attached hydrogens (tertiary/aromatic N) is 1. The van der Waals surface area contributed by atoms with E-state index in [4.69, 9.17) is 5.11 Å². The second-order valence-corrected chi connectivity index (χ2v) is 5.47. The molecule has 2 aromatic rings. The van der Waals surface area contributed by atoms with E-state index in [1.807, 2.05) is 12.3 Å². The molecule has 0 fully saturated rings. The number of hydrogen-bond acceptors (Lipinski definition) is 4. The number of nitrogens with one attached hydrogen (secondary N) is 1. The summed E-state index contributed by atoms with van der Waals surface area (Å²) in [5.74, 6) is 5.22. The number of aryl methyl sites for hydroxylation is 1. The van der Waals surface area contributed by atoms with E-state index in [1.54, 1.807) is 35.6 Å². The summed E-state index contributed by atoms with van der Waals surface area (Å²) >= 11 is 1.61. The zero-order valence-electron chi connectivity index (χ0n) is 11.7. The first-order valence-corrected chi connectivity index (χ1v) is 7.46. The highest BCUT2D eigenvalue weighted by atomic mass is 32.1. The number of carbonyl (C=O) groups excluding carboxylic acids is 1. The fourth-order valence-electron chi connectivity index (χ4n) is 1.81. The van der Waals surface area contributed by atoms with Crippen LogP contribution in [0.1, 0.15) is 26.6 Å². The molecule has 0 atom stereocenters. The van der Waals surface area contributed by atoms with Gasteiger partial charge in [-0.15, -0.1) is 11.3 Å². The van der Waals surface area contributed by atoms with E-state index in [2.05, 4.69) is 22.1 Å². The number of thiazole rings is 1. The minimum absolute atomic E-state index is 0.130. The molecule has 0 aliphatic rings. The van der Waals surface area contributed by atoms with Crippen molar-refractivity contribution in [2.75, 3.05) is 13.2 Å². The van der Waals surface area contributed by atoms with Gasteiger partial charge >= 0.3 is 0 Å². The molecule has 1 aromatic carbocycles. The zero-order valence-corrected chi connectivity index (χ0v) is 12.5. The largest absolute Gasteiger partial charge is 0.384 e. The quantitative estimate of drug-likeness (QED) is 0.846. The molecule has 0 spiro atoms. The molecule has 0 saturated heterocycles. The zero-order chi connectivity index (χ0) is 15.1. The van der Waals surface area contributed by atoms with E-state index in [0.717, 1.165) is 17.1 Å². The minimum atomic E-state index is -0.191. The van der Waals surface area contributed by atoms with Crippen LogP contribution in [0, 0.1) is 18.8 Å². The SMILES string of the molecule is Cc1nc(CCNC(=O)c2cccc(C#CCO)c2)cs1. The Balaban J connectivity index is 1.91. The summed E-state index contributed by atoms with van der Waals surface area (Å²) in [7, 11) is 0. The third-order valence-electron chi connectivity index (χ3n) is 2.77. The molecule has 0 bridgehead atoms. The summed E-state index contributed by atoms with van der Waals surface area (Å²) in [6.07, 6.45) is 0.722. The Morgan fingerprint density at radius 1 is 1.48 bits per heavy atom. The third kappa shape index (κ3) is 4.71. The van der Waals surface area contributed by atoms with Crippen LogP contribution in [0.5, 0.6) is 0 Å². The Morgan fingerprint density at radius 2 is 2.33 bits per heavy atom. The van der Waals surface area contributed by atoms with Crippen LogP contribution in [0.15, 0.2) is 29.6 Å². The van der Waals surface area contributed by atoms with E-state index in [-0.39, 0.29) is 12.5 Å². The molecule has 1 heterocycles. The van der Waals surface area contributed by atoms with Gasteiger partial charge in [0.15, 0.2) is 0 Å². The van der Waals surface area contributed by atoms with Crippen LogP contribution in [0.2, 0.25) is 0 Å². The fourth-order valence-corrected chi connectivity index (χ4v) is 2.46. The molecule has 5 heteroatoms. The highest BCUT2D eigenvalue weighted by Crippen LogP contribution is 2.08. The van der Waals surface area contributed by atoms with Crippen LogP contribution in [-0.2, 0) is 6.42 Å². The highest BCUT2D eigenvalue weighted by Gasteiger charge is 2.06. The van der Waals surface area contributed by atoms with Crippen LogP contribution in [0.4, 0.5) is 0 Å². The predicted octanol–water partition coefficient (Wildman–Crippen LogP) is 1.77. The first-order chi connectivity index (χ1) is 10.2. The monoisotopic (exact) mass is 300 g/mol. The van der Waals surface area contributed by atoms with Gasteiger partial charge in [-0.25, -0.2) is 4.98 Å². The molecule has 21 heavy (non-hydrogen) atoms. The second kappa shape index (κ2) is 7.58. The van der Waals surface area contributed by atoms with E-state index in [9.17, 15) is 4.79 Å². The molecule has 2 rings (SSSR count). The number of rotatable bonds is 4. The van der Waals surface area contributed by atoms with E-state index >= 15 is 0 Å². The Morgan fingerprint density at radius 3 is 3.05 bits per heavy atom. The highest BCUT2D eigenvalue weighted by molar-refractivity contribution is 7.09. The van der Waals surface area contributed by atoms with Crippen LogP contribution >= 0.6 is 11.3 Å². The molecule has 4 nitrogen and oxygen atoms in total. The number of benzene rings is 1. The number of aromatic nitrogens is 1. The van der Waals surface area contributed by atoms with E-state index in [0.29, 0.717) is 17.7 Å². The third-order valence-corrected chi connectivity index (χ3v) is 3.59. The summed E-state index contributed by atoms with van der Waals surface area (Å²) in [6, 6.07) is 7.04. The standard InChI is InChI=1S/C16H16N2O2S/c1-12-18-15(11-21-12)7-8-17-16(20)14-6-2-4-13(10-14)5-3-9-19/h2,4,6,10-11,19H,7-9H2,1H3,(H,17,20). The number of aliphatic hydroxyl groups excluding tert-OH is 1. The van der Waals surface area contributed by atoms with Gasteiger partial charge in [0.2, 0.25) is 0 Å². The molecular formula is C16H16N2O2S. The van der Waals surface area contributed by atoms with Crippen LogP contribution in [0.3, 0.4) is 0 Å². The molecule has 108 valence electrons. The molecular weight excluding hydrogens is 284 g/mol. The lowest BCUT2D eigenvalue weighted by molar-refractivity contribution is 0.0954. The summed E-state index contributed by atoms with van der Waals surface area (Å²) in [4.78, 5) is 16.4. The van der Waals surface area contributed by atoms with Gasteiger partial charge in [-0.2, -0.15) is 0 Å². The van der Waals surface area contributed by atoms with Gasteiger partial charge in [-0.05, 0) is 25.1 Å². The van der Waals surface area contributed by atoms with Crippen molar-refractivity contribution in [3.63, 3.8) is 0 Å². The van der Waals surface area contributed by atoms with Gasteiger partial charge < -0.3 is 10.4 Å². The number of amides is 1. The van der Waals surface area contributed by atoms with Crippen molar-refractivity contribution >= 4 is 17.2 Å². The van der Waals surface area contributed by atoms with E-state index in [1.165, 1.54) is 0 Å². The van der Waals surface area contributed by atoms with Gasteiger partial charge in [-0.1, -0.05) is 17.9 Å². The van der Waals surface area contributed by atoms with Crippen LogP contribution in [0.25, 0.3) is 0 Å². The van der Waals surface area contributed by atoms with Crippen molar-refractivity contribution in [3.05, 3.63) is 51.5 Å². The van der Waals surface area contributed by atoms with Crippen molar-refractivity contribution in [1.29, 1.82) is 0 Å². The number of carbonyl (C=O) groups is 1. The van der Waals surface area contributed by atoms with Crippen molar-refractivity contribution in [2.45, 2.75) is 13.3 Å². The molecule has 1 amide bonds. The summed E-state index contributed by atoms with van der Waals surface area (Å²) in [5.41, 5.74) is 2.28. The minimum Gasteiger partial charge on any atom is -0.384 e. The Bertz CT molecular complexity index is 683. The molecule has 0 aliphatic carbocycles. The maximum Gasteiger partial charge on any atom is 0.251 e. The molecule has 1 aromatic heterocycles. The van der Waals surface area contributed by atoms with Gasteiger partial charge in [0, 0.05) is 29.5 Å². The molecule has 0 unspecified atom stereocenters. The fraction of sp³-hybridized carbons (Fsp3) is 0.250. The maximum atomic E-state index is 12.0. The average molecular weight is 300 g/mol. The number of hydrogen-bond donors (Lipinski definition) is 2. The normalized spacial score (nSPS) is 9.81.